The van der Waals surface area contributed by atoms with Gasteiger partial charge in [-0.3, -0.25) is 9.69 Å². The zero-order chi connectivity index (χ0) is 14.5. The van der Waals surface area contributed by atoms with Gasteiger partial charge in [-0.05, 0) is 44.4 Å². The van der Waals surface area contributed by atoms with Crippen molar-refractivity contribution in [2.45, 2.75) is 25.8 Å². The van der Waals surface area contributed by atoms with Gasteiger partial charge in [0.25, 0.3) is 0 Å². The number of amides is 1. The second kappa shape index (κ2) is 6.81. The standard InChI is InChI=1S/C15H22FN3O/c1-11-6-7-12(8-17)9-19(11)10-15(20)18-14-5-3-2-4-13(14)16/h2-5,11-12H,6-10,17H2,1H3,(H,18,20). The summed E-state index contributed by atoms with van der Waals surface area (Å²) < 4.78 is 13.5. The minimum Gasteiger partial charge on any atom is -0.330 e. The van der Waals surface area contributed by atoms with Crippen molar-refractivity contribution in [1.29, 1.82) is 0 Å². The number of nitrogens with two attached hydrogens (primary N) is 1. The lowest BCUT2D eigenvalue weighted by atomic mass is 9.93. The van der Waals surface area contributed by atoms with E-state index in [1.807, 2.05) is 0 Å². The number of halogens is 1. The molecule has 0 aromatic heterocycles. The van der Waals surface area contributed by atoms with Crippen LogP contribution in [0.25, 0.3) is 0 Å². The summed E-state index contributed by atoms with van der Waals surface area (Å²) in [5, 5.41) is 2.62. The summed E-state index contributed by atoms with van der Waals surface area (Å²) in [6, 6.07) is 6.57. The first-order chi connectivity index (χ1) is 9.60. The first-order valence-electron chi connectivity index (χ1n) is 7.08. The zero-order valence-electron chi connectivity index (χ0n) is 11.8. The lowest BCUT2D eigenvalue weighted by Crippen LogP contribution is -2.47. The minimum atomic E-state index is -0.410. The average molecular weight is 279 g/mol. The minimum absolute atomic E-state index is 0.181. The van der Waals surface area contributed by atoms with Crippen LogP contribution in [0.1, 0.15) is 19.8 Å². The number of carbonyl (C=O) groups is 1. The van der Waals surface area contributed by atoms with Crippen LogP contribution in [0.3, 0.4) is 0 Å². The molecule has 0 radical (unpaired) electrons. The summed E-state index contributed by atoms with van der Waals surface area (Å²) in [7, 11) is 0. The molecule has 1 heterocycles. The maximum atomic E-state index is 13.5. The van der Waals surface area contributed by atoms with Crippen LogP contribution in [-0.2, 0) is 4.79 Å². The van der Waals surface area contributed by atoms with Gasteiger partial charge in [-0.1, -0.05) is 12.1 Å². The maximum absolute atomic E-state index is 13.5. The fourth-order valence-electron chi connectivity index (χ4n) is 2.61. The number of piperidine rings is 1. The highest BCUT2D eigenvalue weighted by Crippen LogP contribution is 2.21. The summed E-state index contributed by atoms with van der Waals surface area (Å²) >= 11 is 0. The van der Waals surface area contributed by atoms with Gasteiger partial charge in [0.15, 0.2) is 0 Å². The number of benzene rings is 1. The largest absolute Gasteiger partial charge is 0.330 e. The first kappa shape index (κ1) is 14.9. The highest BCUT2D eigenvalue weighted by molar-refractivity contribution is 5.92. The molecule has 5 heteroatoms. The quantitative estimate of drug-likeness (QED) is 0.884. The molecule has 2 unspecified atom stereocenters. The molecule has 0 spiro atoms. The van der Waals surface area contributed by atoms with Crippen molar-refractivity contribution < 1.29 is 9.18 Å². The summed E-state index contributed by atoms with van der Waals surface area (Å²) in [5.74, 6) is -0.139. The van der Waals surface area contributed by atoms with E-state index in [4.69, 9.17) is 5.73 Å². The molecule has 3 N–H and O–H groups in total. The van der Waals surface area contributed by atoms with Crippen LogP contribution >= 0.6 is 0 Å². The highest BCUT2D eigenvalue weighted by Gasteiger charge is 2.26. The van der Waals surface area contributed by atoms with E-state index < -0.39 is 5.82 Å². The normalized spacial score (nSPS) is 23.6. The molecule has 1 aliphatic heterocycles. The van der Waals surface area contributed by atoms with E-state index >= 15 is 0 Å². The Morgan fingerprint density at radius 1 is 1.45 bits per heavy atom. The molecule has 1 amide bonds. The van der Waals surface area contributed by atoms with Gasteiger partial charge in [-0.2, -0.15) is 0 Å². The third-order valence-electron chi connectivity index (χ3n) is 3.94. The molecule has 1 saturated heterocycles. The van der Waals surface area contributed by atoms with Crippen molar-refractivity contribution in [1.82, 2.24) is 4.90 Å². The van der Waals surface area contributed by atoms with Crippen LogP contribution in [0.4, 0.5) is 10.1 Å². The number of nitrogens with zero attached hydrogens (tertiary/aromatic N) is 1. The van der Waals surface area contributed by atoms with Crippen molar-refractivity contribution in [3.63, 3.8) is 0 Å². The Bertz CT molecular complexity index is 466. The summed E-state index contributed by atoms with van der Waals surface area (Å²) in [4.78, 5) is 14.1. The van der Waals surface area contributed by atoms with Gasteiger partial charge in [0.2, 0.25) is 5.91 Å². The van der Waals surface area contributed by atoms with Crippen LogP contribution in [0.5, 0.6) is 0 Å². The monoisotopic (exact) mass is 279 g/mol. The third-order valence-corrected chi connectivity index (χ3v) is 3.94. The number of likely N-dealkylation sites (tertiary alicyclic amines) is 1. The van der Waals surface area contributed by atoms with Crippen LogP contribution in [0.2, 0.25) is 0 Å². The molecule has 1 aromatic rings. The van der Waals surface area contributed by atoms with E-state index in [1.165, 1.54) is 6.07 Å². The van der Waals surface area contributed by atoms with E-state index in [0.717, 1.165) is 19.4 Å². The predicted molar refractivity (Wildman–Crippen MR) is 77.8 cm³/mol. The van der Waals surface area contributed by atoms with Crippen molar-refractivity contribution in [2.24, 2.45) is 11.7 Å². The van der Waals surface area contributed by atoms with Crippen molar-refractivity contribution in [2.75, 3.05) is 25.0 Å². The molecule has 0 saturated carbocycles. The number of carbonyl (C=O) groups excluding carboxylic acids is 1. The molecule has 20 heavy (non-hydrogen) atoms. The number of nitrogens with one attached hydrogen (secondary N) is 1. The molecule has 0 aliphatic carbocycles. The van der Waals surface area contributed by atoms with Crippen molar-refractivity contribution in [3.8, 4) is 0 Å². The second-order valence-electron chi connectivity index (χ2n) is 5.49. The number of hydrogen-bond acceptors (Lipinski definition) is 3. The highest BCUT2D eigenvalue weighted by atomic mass is 19.1. The van der Waals surface area contributed by atoms with Gasteiger partial charge in [-0.25, -0.2) is 4.39 Å². The molecular weight excluding hydrogens is 257 g/mol. The molecule has 110 valence electrons. The number of hydrogen-bond donors (Lipinski definition) is 2. The van der Waals surface area contributed by atoms with Crippen LogP contribution in [0.15, 0.2) is 24.3 Å². The molecule has 1 fully saturated rings. The first-order valence-corrected chi connectivity index (χ1v) is 7.08. The number of anilines is 1. The fourth-order valence-corrected chi connectivity index (χ4v) is 2.61. The van der Waals surface area contributed by atoms with E-state index in [-0.39, 0.29) is 18.1 Å². The van der Waals surface area contributed by atoms with E-state index in [1.54, 1.807) is 18.2 Å². The Morgan fingerprint density at radius 2 is 2.20 bits per heavy atom. The summed E-state index contributed by atoms with van der Waals surface area (Å²) in [6.45, 7) is 3.88. The third kappa shape index (κ3) is 3.77. The maximum Gasteiger partial charge on any atom is 0.238 e. The Hall–Kier alpha value is -1.46. The lowest BCUT2D eigenvalue weighted by molar-refractivity contribution is -0.118. The van der Waals surface area contributed by atoms with Gasteiger partial charge < -0.3 is 11.1 Å². The molecule has 1 aliphatic rings. The summed E-state index contributed by atoms with van der Waals surface area (Å²) in [6.07, 6.45) is 2.16. The second-order valence-corrected chi connectivity index (χ2v) is 5.49. The Labute approximate surface area is 119 Å². The molecule has 1 aromatic carbocycles. The SMILES string of the molecule is CC1CCC(CN)CN1CC(=O)Nc1ccccc1F. The van der Waals surface area contributed by atoms with Gasteiger partial charge in [0.1, 0.15) is 5.82 Å². The van der Waals surface area contributed by atoms with Gasteiger partial charge in [-0.15, -0.1) is 0 Å². The van der Waals surface area contributed by atoms with E-state index in [2.05, 4.69) is 17.1 Å². The lowest BCUT2D eigenvalue weighted by Gasteiger charge is -2.37. The zero-order valence-corrected chi connectivity index (χ0v) is 11.8. The van der Waals surface area contributed by atoms with Crippen molar-refractivity contribution >= 4 is 11.6 Å². The molecule has 2 rings (SSSR count). The smallest absolute Gasteiger partial charge is 0.238 e. The Kier molecular flexibility index (Phi) is 5.09. The predicted octanol–water partition coefficient (Wildman–Crippen LogP) is 1.82. The Balaban J connectivity index is 1.92. The van der Waals surface area contributed by atoms with Gasteiger partial charge in [0, 0.05) is 12.6 Å². The van der Waals surface area contributed by atoms with Crippen LogP contribution in [-0.4, -0.2) is 36.5 Å². The van der Waals surface area contributed by atoms with E-state index in [9.17, 15) is 9.18 Å². The molecule has 0 bridgehead atoms. The average Bonchev–Trinajstić information content (AvgIpc) is 2.44. The van der Waals surface area contributed by atoms with Crippen LogP contribution in [0, 0.1) is 11.7 Å². The molecule has 2 atom stereocenters. The van der Waals surface area contributed by atoms with E-state index in [0.29, 0.717) is 18.5 Å². The molecular formula is C15H22FN3O. The van der Waals surface area contributed by atoms with Crippen LogP contribution < -0.4 is 11.1 Å². The Morgan fingerprint density at radius 3 is 2.90 bits per heavy atom. The molecule has 4 nitrogen and oxygen atoms in total. The van der Waals surface area contributed by atoms with Crippen molar-refractivity contribution in [3.05, 3.63) is 30.1 Å². The number of rotatable bonds is 4. The number of para-hydroxylation sites is 1. The fraction of sp³-hybridized carbons (Fsp3) is 0.533. The van der Waals surface area contributed by atoms with Gasteiger partial charge >= 0.3 is 0 Å². The van der Waals surface area contributed by atoms with Gasteiger partial charge in [0.05, 0.1) is 12.2 Å². The summed E-state index contributed by atoms with van der Waals surface area (Å²) in [5.41, 5.74) is 5.94. The topological polar surface area (TPSA) is 58.4 Å².